The number of nitrogens with one attached hydrogen (secondary N) is 1. The Bertz CT molecular complexity index is 398. The first-order chi connectivity index (χ1) is 9.26. The summed E-state index contributed by atoms with van der Waals surface area (Å²) in [5.41, 5.74) is 5.45. The van der Waals surface area contributed by atoms with Gasteiger partial charge < -0.3 is 4.74 Å². The third kappa shape index (κ3) is 3.48. The van der Waals surface area contributed by atoms with E-state index in [4.69, 9.17) is 10.6 Å². The van der Waals surface area contributed by atoms with Gasteiger partial charge in [0.1, 0.15) is 5.75 Å². The van der Waals surface area contributed by atoms with Crippen LogP contribution in [0.2, 0.25) is 0 Å². The zero-order valence-electron chi connectivity index (χ0n) is 12.1. The van der Waals surface area contributed by atoms with E-state index >= 15 is 0 Å². The molecule has 1 aliphatic carbocycles. The predicted molar refractivity (Wildman–Crippen MR) is 79.0 cm³/mol. The van der Waals surface area contributed by atoms with Crippen molar-refractivity contribution in [1.29, 1.82) is 0 Å². The average Bonchev–Trinajstić information content (AvgIpc) is 2.70. The quantitative estimate of drug-likeness (QED) is 0.496. The van der Waals surface area contributed by atoms with Gasteiger partial charge in [-0.05, 0) is 37.3 Å². The topological polar surface area (TPSA) is 47.3 Å². The number of aryl methyl sites for hydroxylation is 1. The lowest BCUT2D eigenvalue weighted by Gasteiger charge is -2.27. The Kier molecular flexibility index (Phi) is 5.23. The molecule has 1 aromatic carbocycles. The zero-order valence-corrected chi connectivity index (χ0v) is 12.1. The minimum atomic E-state index is 0.202. The summed E-state index contributed by atoms with van der Waals surface area (Å²) in [6.07, 6.45) is 7.86. The summed E-state index contributed by atoms with van der Waals surface area (Å²) in [7, 11) is 1.74. The number of ether oxygens (including phenoxy) is 1. The summed E-state index contributed by atoms with van der Waals surface area (Å²) in [6, 6.07) is 6.59. The lowest BCUT2D eigenvalue weighted by Crippen LogP contribution is -2.33. The van der Waals surface area contributed by atoms with Gasteiger partial charge in [-0.15, -0.1) is 0 Å². The fourth-order valence-corrected chi connectivity index (χ4v) is 3.20. The van der Waals surface area contributed by atoms with Crippen LogP contribution in [0.25, 0.3) is 0 Å². The molecule has 1 aromatic rings. The van der Waals surface area contributed by atoms with E-state index in [0.717, 1.165) is 5.75 Å². The first kappa shape index (κ1) is 14.4. The molecule has 3 heteroatoms. The van der Waals surface area contributed by atoms with Crippen LogP contribution in [0.1, 0.15) is 55.7 Å². The van der Waals surface area contributed by atoms with E-state index in [0.29, 0.717) is 5.92 Å². The average molecular weight is 262 g/mol. The highest BCUT2D eigenvalue weighted by Gasteiger charge is 2.25. The van der Waals surface area contributed by atoms with Crippen molar-refractivity contribution in [3.8, 4) is 5.75 Å². The lowest BCUT2D eigenvalue weighted by atomic mass is 9.87. The number of hydrogen-bond donors (Lipinski definition) is 2. The van der Waals surface area contributed by atoms with Crippen molar-refractivity contribution in [3.05, 3.63) is 29.3 Å². The molecule has 106 valence electrons. The minimum absolute atomic E-state index is 0.202. The number of rotatable bonds is 4. The Hall–Kier alpha value is -1.06. The largest absolute Gasteiger partial charge is 0.496 e. The predicted octanol–water partition coefficient (Wildman–Crippen LogP) is 3.48. The van der Waals surface area contributed by atoms with Crippen LogP contribution in [0.15, 0.2) is 18.2 Å². The third-order valence-electron chi connectivity index (χ3n) is 4.27. The van der Waals surface area contributed by atoms with Crippen molar-refractivity contribution >= 4 is 0 Å². The molecule has 0 saturated heterocycles. The van der Waals surface area contributed by atoms with Crippen LogP contribution in [-0.4, -0.2) is 7.11 Å². The second-order valence-electron chi connectivity index (χ2n) is 5.64. The van der Waals surface area contributed by atoms with E-state index < -0.39 is 0 Å². The van der Waals surface area contributed by atoms with E-state index in [2.05, 4.69) is 30.5 Å². The Morgan fingerprint density at radius 2 is 1.89 bits per heavy atom. The molecule has 0 amide bonds. The maximum Gasteiger partial charge on any atom is 0.123 e. The summed E-state index contributed by atoms with van der Waals surface area (Å²) in [6.45, 7) is 2.09. The number of benzene rings is 1. The monoisotopic (exact) mass is 262 g/mol. The maximum atomic E-state index is 5.84. The van der Waals surface area contributed by atoms with Crippen molar-refractivity contribution in [2.45, 2.75) is 51.5 Å². The number of nitrogens with two attached hydrogens (primary N) is 1. The van der Waals surface area contributed by atoms with E-state index in [1.165, 1.54) is 49.7 Å². The van der Waals surface area contributed by atoms with Crippen molar-refractivity contribution in [2.24, 2.45) is 11.8 Å². The van der Waals surface area contributed by atoms with Crippen molar-refractivity contribution in [2.75, 3.05) is 7.11 Å². The molecule has 0 spiro atoms. The van der Waals surface area contributed by atoms with Gasteiger partial charge in [0.15, 0.2) is 0 Å². The number of hydrogen-bond acceptors (Lipinski definition) is 3. The van der Waals surface area contributed by atoms with E-state index in [1.54, 1.807) is 7.11 Å². The van der Waals surface area contributed by atoms with Gasteiger partial charge in [0.2, 0.25) is 0 Å². The van der Waals surface area contributed by atoms with Gasteiger partial charge in [-0.3, -0.25) is 11.3 Å². The van der Waals surface area contributed by atoms with E-state index in [9.17, 15) is 0 Å². The maximum absolute atomic E-state index is 5.84. The minimum Gasteiger partial charge on any atom is -0.496 e. The molecule has 1 saturated carbocycles. The van der Waals surface area contributed by atoms with E-state index in [1.807, 2.05) is 0 Å². The molecule has 1 fully saturated rings. The summed E-state index contributed by atoms with van der Waals surface area (Å²) < 4.78 is 5.54. The van der Waals surface area contributed by atoms with Gasteiger partial charge in [-0.25, -0.2) is 0 Å². The molecule has 0 aromatic heterocycles. The normalized spacial score (nSPS) is 18.9. The standard InChI is InChI=1S/C16H26N2O/c1-12-9-10-14(15(11-12)19-2)16(18-17)13-7-5-3-4-6-8-13/h9-11,13,16,18H,3-8,17H2,1-2H3. The van der Waals surface area contributed by atoms with Crippen LogP contribution in [0.4, 0.5) is 0 Å². The molecule has 0 bridgehead atoms. The fourth-order valence-electron chi connectivity index (χ4n) is 3.20. The Balaban J connectivity index is 2.24. The van der Waals surface area contributed by atoms with Gasteiger partial charge in [0, 0.05) is 5.56 Å². The molecule has 3 nitrogen and oxygen atoms in total. The molecule has 1 unspecified atom stereocenters. The van der Waals surface area contributed by atoms with Crippen molar-refractivity contribution in [1.82, 2.24) is 5.43 Å². The summed E-state index contributed by atoms with van der Waals surface area (Å²) in [4.78, 5) is 0. The molecule has 1 atom stereocenters. The van der Waals surface area contributed by atoms with Gasteiger partial charge in [0.25, 0.3) is 0 Å². The molecule has 19 heavy (non-hydrogen) atoms. The Labute approximate surface area is 116 Å². The molecule has 1 aliphatic rings. The molecule has 2 rings (SSSR count). The molecular formula is C16H26N2O. The lowest BCUT2D eigenvalue weighted by molar-refractivity contribution is 0.315. The first-order valence-corrected chi connectivity index (χ1v) is 7.37. The highest BCUT2D eigenvalue weighted by atomic mass is 16.5. The highest BCUT2D eigenvalue weighted by Crippen LogP contribution is 2.37. The third-order valence-corrected chi connectivity index (χ3v) is 4.27. The van der Waals surface area contributed by atoms with Gasteiger partial charge in [-0.2, -0.15) is 0 Å². The molecule has 0 radical (unpaired) electrons. The molecular weight excluding hydrogens is 236 g/mol. The SMILES string of the molecule is COc1cc(C)ccc1C(NN)C1CCCCCC1. The second kappa shape index (κ2) is 6.92. The first-order valence-electron chi connectivity index (χ1n) is 7.37. The van der Waals surface area contributed by atoms with Crippen LogP contribution in [0.3, 0.4) is 0 Å². The Morgan fingerprint density at radius 1 is 1.21 bits per heavy atom. The molecule has 3 N–H and O–H groups in total. The Morgan fingerprint density at radius 3 is 2.47 bits per heavy atom. The summed E-state index contributed by atoms with van der Waals surface area (Å²) in [5, 5.41) is 0. The van der Waals surface area contributed by atoms with Gasteiger partial charge in [0.05, 0.1) is 13.2 Å². The van der Waals surface area contributed by atoms with Crippen LogP contribution < -0.4 is 16.0 Å². The van der Waals surface area contributed by atoms with Crippen LogP contribution >= 0.6 is 0 Å². The number of methoxy groups -OCH3 is 1. The smallest absolute Gasteiger partial charge is 0.123 e. The fraction of sp³-hybridized carbons (Fsp3) is 0.625. The zero-order chi connectivity index (χ0) is 13.7. The highest BCUT2D eigenvalue weighted by molar-refractivity contribution is 5.39. The van der Waals surface area contributed by atoms with Crippen molar-refractivity contribution < 1.29 is 4.74 Å². The van der Waals surface area contributed by atoms with Crippen LogP contribution in [-0.2, 0) is 0 Å². The molecule has 0 aliphatic heterocycles. The second-order valence-corrected chi connectivity index (χ2v) is 5.64. The van der Waals surface area contributed by atoms with Gasteiger partial charge in [-0.1, -0.05) is 37.8 Å². The van der Waals surface area contributed by atoms with Crippen LogP contribution in [0, 0.1) is 12.8 Å². The molecule has 0 heterocycles. The van der Waals surface area contributed by atoms with Crippen molar-refractivity contribution in [3.63, 3.8) is 0 Å². The van der Waals surface area contributed by atoms with Crippen LogP contribution in [0.5, 0.6) is 5.75 Å². The van der Waals surface area contributed by atoms with Gasteiger partial charge >= 0.3 is 0 Å². The summed E-state index contributed by atoms with van der Waals surface area (Å²) in [5.74, 6) is 7.41. The summed E-state index contributed by atoms with van der Waals surface area (Å²) >= 11 is 0. The van der Waals surface area contributed by atoms with E-state index in [-0.39, 0.29) is 6.04 Å². The number of hydrazine groups is 1.